The molecule has 20 heavy (non-hydrogen) atoms. The highest BCUT2D eigenvalue weighted by molar-refractivity contribution is 9.10. The van der Waals surface area contributed by atoms with E-state index in [1.54, 1.807) is 12.1 Å². The molecule has 0 spiro atoms. The van der Waals surface area contributed by atoms with Crippen LogP contribution >= 0.6 is 15.9 Å². The number of carbonyl (C=O) groups excluding carboxylic acids is 1. The maximum absolute atomic E-state index is 11.3. The zero-order valence-corrected chi connectivity index (χ0v) is 12.3. The zero-order chi connectivity index (χ0) is 14.4. The lowest BCUT2D eigenvalue weighted by Crippen LogP contribution is -2.13. The van der Waals surface area contributed by atoms with Gasteiger partial charge >= 0.3 is 0 Å². The van der Waals surface area contributed by atoms with Crippen LogP contribution in [0.1, 0.15) is 15.9 Å². The summed E-state index contributed by atoms with van der Waals surface area (Å²) in [7, 11) is 0. The van der Waals surface area contributed by atoms with Crippen LogP contribution in [0.25, 0.3) is 6.08 Å². The van der Waals surface area contributed by atoms with Crippen LogP contribution in [0, 0.1) is 0 Å². The second kappa shape index (κ2) is 6.91. The molecule has 0 aliphatic carbocycles. The van der Waals surface area contributed by atoms with Gasteiger partial charge in [0, 0.05) is 4.47 Å². The van der Waals surface area contributed by atoms with Crippen molar-refractivity contribution in [2.24, 2.45) is 5.73 Å². The summed E-state index contributed by atoms with van der Waals surface area (Å²) in [6.07, 6.45) is 3.85. The van der Waals surface area contributed by atoms with Crippen molar-refractivity contribution in [1.29, 1.82) is 0 Å². The molecule has 2 rings (SSSR count). The Kier molecular flexibility index (Phi) is 4.96. The van der Waals surface area contributed by atoms with E-state index >= 15 is 0 Å². The van der Waals surface area contributed by atoms with E-state index in [2.05, 4.69) is 15.9 Å². The van der Waals surface area contributed by atoms with Crippen LogP contribution in [0.15, 0.2) is 59.1 Å². The molecule has 2 aromatic rings. The maximum Gasteiger partial charge on any atom is 0.252 e. The summed E-state index contributed by atoms with van der Waals surface area (Å²) in [4.78, 5) is 11.3. The minimum Gasteiger partial charge on any atom is -0.489 e. The molecule has 0 aliphatic heterocycles. The fourth-order valence-corrected chi connectivity index (χ4v) is 2.07. The number of hydrogen-bond donors (Lipinski definition) is 1. The van der Waals surface area contributed by atoms with Gasteiger partial charge in [0.15, 0.2) is 0 Å². The van der Waals surface area contributed by atoms with Crippen molar-refractivity contribution < 1.29 is 9.53 Å². The molecule has 4 heteroatoms. The lowest BCUT2D eigenvalue weighted by atomic mass is 10.2. The molecule has 1 amide bonds. The van der Waals surface area contributed by atoms with E-state index in [9.17, 15) is 4.79 Å². The van der Waals surface area contributed by atoms with Crippen molar-refractivity contribution >= 4 is 27.9 Å². The lowest BCUT2D eigenvalue weighted by molar-refractivity contribution is 0.0997. The standard InChI is InChI=1S/C16H14BrNO2/c17-13-8-9-15(14(11-13)16(18)19)20-10-4-7-12-5-2-1-3-6-12/h1-9,11H,10H2,(H2,18,19). The number of rotatable bonds is 5. The molecule has 2 N–H and O–H groups in total. The molecule has 0 radical (unpaired) electrons. The van der Waals surface area contributed by atoms with Gasteiger partial charge in [-0.05, 0) is 29.8 Å². The third-order valence-electron chi connectivity index (χ3n) is 2.65. The highest BCUT2D eigenvalue weighted by Gasteiger charge is 2.09. The second-order valence-electron chi connectivity index (χ2n) is 4.13. The Morgan fingerprint density at radius 1 is 1.20 bits per heavy atom. The van der Waals surface area contributed by atoms with Gasteiger partial charge < -0.3 is 10.5 Å². The third kappa shape index (κ3) is 3.96. The van der Waals surface area contributed by atoms with Crippen LogP contribution in [0.5, 0.6) is 5.75 Å². The predicted octanol–water partition coefficient (Wildman–Crippen LogP) is 3.64. The molecular weight excluding hydrogens is 318 g/mol. The molecule has 0 bridgehead atoms. The van der Waals surface area contributed by atoms with Gasteiger partial charge in [0.05, 0.1) is 5.56 Å². The smallest absolute Gasteiger partial charge is 0.252 e. The van der Waals surface area contributed by atoms with E-state index in [1.165, 1.54) is 0 Å². The summed E-state index contributed by atoms with van der Waals surface area (Å²) in [6.45, 7) is 0.372. The third-order valence-corrected chi connectivity index (χ3v) is 3.15. The van der Waals surface area contributed by atoms with Gasteiger partial charge in [0.1, 0.15) is 12.4 Å². The predicted molar refractivity (Wildman–Crippen MR) is 83.6 cm³/mol. The van der Waals surface area contributed by atoms with Crippen molar-refractivity contribution in [2.45, 2.75) is 0 Å². The summed E-state index contributed by atoms with van der Waals surface area (Å²) in [5.74, 6) is -0.0215. The Labute approximate surface area is 126 Å². The molecule has 0 unspecified atom stereocenters. The van der Waals surface area contributed by atoms with E-state index < -0.39 is 5.91 Å². The van der Waals surface area contributed by atoms with Crippen LogP contribution < -0.4 is 10.5 Å². The molecule has 0 aliphatic rings. The summed E-state index contributed by atoms with van der Waals surface area (Å²) in [5, 5.41) is 0. The van der Waals surface area contributed by atoms with Gasteiger partial charge in [-0.15, -0.1) is 0 Å². The van der Waals surface area contributed by atoms with Crippen LogP contribution in [0.3, 0.4) is 0 Å². The first-order chi connectivity index (χ1) is 9.66. The monoisotopic (exact) mass is 331 g/mol. The van der Waals surface area contributed by atoms with E-state index in [-0.39, 0.29) is 0 Å². The minimum atomic E-state index is -0.506. The first-order valence-electron chi connectivity index (χ1n) is 6.10. The Balaban J connectivity index is 2.01. The summed E-state index contributed by atoms with van der Waals surface area (Å²) >= 11 is 3.30. The largest absolute Gasteiger partial charge is 0.489 e. The Hall–Kier alpha value is -2.07. The normalized spacial score (nSPS) is 10.7. The molecule has 0 saturated carbocycles. The van der Waals surface area contributed by atoms with E-state index in [4.69, 9.17) is 10.5 Å². The topological polar surface area (TPSA) is 52.3 Å². The molecule has 2 aromatic carbocycles. The van der Waals surface area contributed by atoms with Gasteiger partial charge in [-0.3, -0.25) is 4.79 Å². The number of nitrogens with two attached hydrogens (primary N) is 1. The maximum atomic E-state index is 11.3. The minimum absolute atomic E-state index is 0.368. The van der Waals surface area contributed by atoms with Crippen LogP contribution in [-0.4, -0.2) is 12.5 Å². The van der Waals surface area contributed by atoms with Gasteiger partial charge in [0.2, 0.25) is 0 Å². The van der Waals surface area contributed by atoms with Crippen molar-refractivity contribution in [2.75, 3.05) is 6.61 Å². The SMILES string of the molecule is NC(=O)c1cc(Br)ccc1OCC=Cc1ccccc1. The number of amides is 1. The highest BCUT2D eigenvalue weighted by atomic mass is 79.9. The fourth-order valence-electron chi connectivity index (χ4n) is 1.71. The fraction of sp³-hybridized carbons (Fsp3) is 0.0625. The van der Waals surface area contributed by atoms with Gasteiger partial charge in [0.25, 0.3) is 5.91 Å². The molecule has 102 valence electrons. The summed E-state index contributed by atoms with van der Waals surface area (Å²) in [5.41, 5.74) is 6.79. The van der Waals surface area contributed by atoms with Crippen molar-refractivity contribution in [3.63, 3.8) is 0 Å². The molecule has 0 atom stereocenters. The van der Waals surface area contributed by atoms with E-state index in [0.717, 1.165) is 10.0 Å². The quantitative estimate of drug-likeness (QED) is 0.909. The average Bonchev–Trinajstić information content (AvgIpc) is 2.45. The first-order valence-corrected chi connectivity index (χ1v) is 6.90. The number of benzene rings is 2. The molecule has 3 nitrogen and oxygen atoms in total. The van der Waals surface area contributed by atoms with Crippen molar-refractivity contribution in [3.8, 4) is 5.75 Å². The van der Waals surface area contributed by atoms with E-state index in [1.807, 2.05) is 48.6 Å². The number of carbonyl (C=O) groups is 1. The summed E-state index contributed by atoms with van der Waals surface area (Å²) < 4.78 is 6.36. The highest BCUT2D eigenvalue weighted by Crippen LogP contribution is 2.22. The Morgan fingerprint density at radius 2 is 1.95 bits per heavy atom. The molecule has 0 fully saturated rings. The van der Waals surface area contributed by atoms with Crippen LogP contribution in [-0.2, 0) is 0 Å². The van der Waals surface area contributed by atoms with Crippen molar-refractivity contribution in [3.05, 3.63) is 70.2 Å². The molecule has 0 saturated heterocycles. The van der Waals surface area contributed by atoms with Gasteiger partial charge in [-0.1, -0.05) is 52.3 Å². The number of hydrogen-bond acceptors (Lipinski definition) is 2. The second-order valence-corrected chi connectivity index (χ2v) is 5.04. The lowest BCUT2D eigenvalue weighted by Gasteiger charge is -2.08. The Morgan fingerprint density at radius 3 is 2.65 bits per heavy atom. The van der Waals surface area contributed by atoms with Crippen LogP contribution in [0.4, 0.5) is 0 Å². The van der Waals surface area contributed by atoms with E-state index in [0.29, 0.717) is 17.9 Å². The van der Waals surface area contributed by atoms with Crippen LogP contribution in [0.2, 0.25) is 0 Å². The Bertz CT molecular complexity index is 624. The number of primary amides is 1. The molecular formula is C16H14BrNO2. The molecule has 0 aromatic heterocycles. The first kappa shape index (κ1) is 14.3. The van der Waals surface area contributed by atoms with Gasteiger partial charge in [-0.2, -0.15) is 0 Å². The van der Waals surface area contributed by atoms with Crippen molar-refractivity contribution in [1.82, 2.24) is 0 Å². The number of halogens is 1. The van der Waals surface area contributed by atoms with Gasteiger partial charge in [-0.25, -0.2) is 0 Å². The zero-order valence-electron chi connectivity index (χ0n) is 10.8. The number of ether oxygens (including phenoxy) is 1. The average molecular weight is 332 g/mol. The molecule has 0 heterocycles. The summed E-state index contributed by atoms with van der Waals surface area (Å²) in [6, 6.07) is 15.1.